The molecule has 1 aliphatic heterocycles. The van der Waals surface area contributed by atoms with Crippen LogP contribution < -0.4 is 4.90 Å². The molecule has 2 heterocycles. The minimum absolute atomic E-state index is 0.136. The second-order valence-corrected chi connectivity index (χ2v) is 4.34. The second-order valence-electron chi connectivity index (χ2n) is 4.34. The smallest absolute Gasteiger partial charge is 0.254 e. The van der Waals surface area contributed by atoms with Gasteiger partial charge in [0.05, 0.1) is 26.7 Å². The molecule has 2 rings (SSSR count). The second kappa shape index (κ2) is 5.07. The molecule has 4 nitrogen and oxygen atoms in total. The lowest BCUT2D eigenvalue weighted by atomic mass is 10.2. The Morgan fingerprint density at radius 2 is 2.06 bits per heavy atom. The van der Waals surface area contributed by atoms with Crippen LogP contribution >= 0.6 is 0 Å². The number of likely N-dealkylation sites (N-methyl/N-ethyl adjacent to an activating group) is 1. The lowest BCUT2D eigenvalue weighted by molar-refractivity contribution is -0.877. The van der Waals surface area contributed by atoms with Crippen LogP contribution in [0.25, 0.3) is 0 Å². The van der Waals surface area contributed by atoms with Gasteiger partial charge >= 0.3 is 0 Å². The Balaban J connectivity index is 2.04. The number of hydrogen-bond acceptors (Lipinski definition) is 2. The topological polar surface area (TPSA) is 37.6 Å². The zero-order chi connectivity index (χ0) is 11.4. The maximum absolute atomic E-state index is 12.1. The van der Waals surface area contributed by atoms with Gasteiger partial charge in [0, 0.05) is 30.9 Å². The van der Waals surface area contributed by atoms with Gasteiger partial charge in [-0.3, -0.25) is 9.78 Å². The highest BCUT2D eigenvalue weighted by molar-refractivity contribution is 5.94. The van der Waals surface area contributed by atoms with E-state index in [0.29, 0.717) is 0 Å². The van der Waals surface area contributed by atoms with Crippen molar-refractivity contribution < 1.29 is 9.69 Å². The molecule has 0 saturated carbocycles. The molecule has 0 bridgehead atoms. The van der Waals surface area contributed by atoms with Crippen molar-refractivity contribution in [3.05, 3.63) is 30.1 Å². The van der Waals surface area contributed by atoms with Gasteiger partial charge in [0.25, 0.3) is 5.91 Å². The number of carbonyl (C=O) groups is 1. The zero-order valence-corrected chi connectivity index (χ0v) is 9.65. The number of pyridine rings is 1. The molecule has 1 amide bonds. The Kier molecular flexibility index (Phi) is 3.51. The monoisotopic (exact) mass is 220 g/mol. The van der Waals surface area contributed by atoms with Crippen LogP contribution in [0.5, 0.6) is 0 Å². The van der Waals surface area contributed by atoms with E-state index in [1.807, 2.05) is 4.90 Å². The highest BCUT2D eigenvalue weighted by atomic mass is 16.2. The lowest BCUT2D eigenvalue weighted by Gasteiger charge is -2.19. The molecule has 0 aromatic carbocycles. The fraction of sp³-hybridized carbons (Fsp3) is 0.500. The Morgan fingerprint density at radius 1 is 1.31 bits per heavy atom. The molecule has 4 heteroatoms. The summed E-state index contributed by atoms with van der Waals surface area (Å²) >= 11 is 0. The highest BCUT2D eigenvalue weighted by Gasteiger charge is 2.19. The molecule has 0 radical (unpaired) electrons. The van der Waals surface area contributed by atoms with Crippen molar-refractivity contribution in [2.45, 2.75) is 6.42 Å². The number of carbonyl (C=O) groups excluding carboxylic acids is 1. The van der Waals surface area contributed by atoms with Crippen molar-refractivity contribution in [3.63, 3.8) is 0 Å². The first kappa shape index (κ1) is 11.1. The average molecular weight is 220 g/mol. The van der Waals surface area contributed by atoms with E-state index >= 15 is 0 Å². The van der Waals surface area contributed by atoms with E-state index in [4.69, 9.17) is 0 Å². The summed E-state index contributed by atoms with van der Waals surface area (Å²) < 4.78 is 0. The summed E-state index contributed by atoms with van der Waals surface area (Å²) in [5.74, 6) is 0.136. The van der Waals surface area contributed by atoms with Crippen molar-refractivity contribution in [1.29, 1.82) is 0 Å². The molecular formula is C12H18N3O+. The van der Waals surface area contributed by atoms with E-state index in [9.17, 15) is 4.79 Å². The average Bonchev–Trinajstić information content (AvgIpc) is 2.54. The molecule has 1 saturated heterocycles. The van der Waals surface area contributed by atoms with Crippen LogP contribution in [0.2, 0.25) is 0 Å². The molecule has 16 heavy (non-hydrogen) atoms. The molecule has 1 aromatic heterocycles. The maximum atomic E-state index is 12.1. The van der Waals surface area contributed by atoms with Crippen molar-refractivity contribution >= 4 is 5.91 Å². The van der Waals surface area contributed by atoms with Gasteiger partial charge in [-0.2, -0.15) is 0 Å². The Bertz CT molecular complexity index is 353. The lowest BCUT2D eigenvalue weighted by Crippen LogP contribution is -3.09. The summed E-state index contributed by atoms with van der Waals surface area (Å²) in [6.45, 7) is 3.92. The molecule has 1 N–H and O–H groups in total. The fourth-order valence-corrected chi connectivity index (χ4v) is 2.01. The van der Waals surface area contributed by atoms with Crippen molar-refractivity contribution in [3.8, 4) is 0 Å². The van der Waals surface area contributed by atoms with E-state index in [1.165, 1.54) is 4.90 Å². The van der Waals surface area contributed by atoms with E-state index in [1.54, 1.807) is 24.5 Å². The van der Waals surface area contributed by atoms with Gasteiger partial charge < -0.3 is 9.80 Å². The van der Waals surface area contributed by atoms with E-state index in [-0.39, 0.29) is 5.91 Å². The summed E-state index contributed by atoms with van der Waals surface area (Å²) in [4.78, 5) is 19.5. The molecule has 1 fully saturated rings. The van der Waals surface area contributed by atoms with Crippen LogP contribution in [-0.4, -0.2) is 49.0 Å². The SMILES string of the molecule is C[NH+]1CCCN(C(=O)c2ccncc2)CC1. The zero-order valence-electron chi connectivity index (χ0n) is 9.65. The summed E-state index contributed by atoms with van der Waals surface area (Å²) in [5.41, 5.74) is 0.745. The summed E-state index contributed by atoms with van der Waals surface area (Å²) in [6, 6.07) is 3.56. The first-order valence-corrected chi connectivity index (χ1v) is 5.78. The van der Waals surface area contributed by atoms with Gasteiger partial charge in [-0.05, 0) is 12.1 Å². The first-order valence-electron chi connectivity index (χ1n) is 5.78. The van der Waals surface area contributed by atoms with Crippen LogP contribution in [-0.2, 0) is 0 Å². The Labute approximate surface area is 95.9 Å². The largest absolute Gasteiger partial charge is 0.336 e. The number of nitrogens with one attached hydrogen (secondary N) is 1. The van der Waals surface area contributed by atoms with Crippen molar-refractivity contribution in [2.24, 2.45) is 0 Å². The Morgan fingerprint density at radius 3 is 2.81 bits per heavy atom. The standard InChI is InChI=1S/C12H17N3O/c1-14-7-2-8-15(10-9-14)12(16)11-3-5-13-6-4-11/h3-6H,2,7-10H2,1H3/p+1. The third-order valence-electron chi connectivity index (χ3n) is 3.05. The van der Waals surface area contributed by atoms with Crippen LogP contribution in [0, 0.1) is 0 Å². The molecular weight excluding hydrogens is 202 g/mol. The molecule has 86 valence electrons. The minimum Gasteiger partial charge on any atom is -0.336 e. The minimum atomic E-state index is 0.136. The number of hydrogen-bond donors (Lipinski definition) is 1. The van der Waals surface area contributed by atoms with Gasteiger partial charge in [-0.1, -0.05) is 0 Å². The van der Waals surface area contributed by atoms with Gasteiger partial charge in [0.1, 0.15) is 0 Å². The fourth-order valence-electron chi connectivity index (χ4n) is 2.01. The summed E-state index contributed by atoms with van der Waals surface area (Å²) in [7, 11) is 2.18. The molecule has 1 unspecified atom stereocenters. The normalized spacial score (nSPS) is 21.6. The number of nitrogens with zero attached hydrogens (tertiary/aromatic N) is 2. The third-order valence-corrected chi connectivity index (χ3v) is 3.05. The van der Waals surface area contributed by atoms with E-state index in [0.717, 1.165) is 38.2 Å². The quantitative estimate of drug-likeness (QED) is 0.689. The van der Waals surface area contributed by atoms with Gasteiger partial charge in [-0.25, -0.2) is 0 Å². The van der Waals surface area contributed by atoms with E-state index in [2.05, 4.69) is 12.0 Å². The third kappa shape index (κ3) is 2.58. The molecule has 0 aliphatic carbocycles. The first-order chi connectivity index (χ1) is 7.77. The number of amides is 1. The molecule has 1 atom stereocenters. The molecule has 1 aliphatic rings. The van der Waals surface area contributed by atoms with Crippen LogP contribution in [0.15, 0.2) is 24.5 Å². The highest BCUT2D eigenvalue weighted by Crippen LogP contribution is 2.04. The van der Waals surface area contributed by atoms with Crippen LogP contribution in [0.4, 0.5) is 0 Å². The van der Waals surface area contributed by atoms with Crippen molar-refractivity contribution in [1.82, 2.24) is 9.88 Å². The molecule has 0 spiro atoms. The van der Waals surface area contributed by atoms with Crippen molar-refractivity contribution in [2.75, 3.05) is 33.2 Å². The van der Waals surface area contributed by atoms with Crippen LogP contribution in [0.3, 0.4) is 0 Å². The van der Waals surface area contributed by atoms with Gasteiger partial charge in [0.2, 0.25) is 0 Å². The number of quaternary nitrogens is 1. The van der Waals surface area contributed by atoms with Gasteiger partial charge in [0.15, 0.2) is 0 Å². The summed E-state index contributed by atoms with van der Waals surface area (Å²) in [5, 5.41) is 0. The van der Waals surface area contributed by atoms with Gasteiger partial charge in [-0.15, -0.1) is 0 Å². The summed E-state index contributed by atoms with van der Waals surface area (Å²) in [6.07, 6.45) is 4.42. The van der Waals surface area contributed by atoms with Crippen LogP contribution in [0.1, 0.15) is 16.8 Å². The number of aromatic nitrogens is 1. The van der Waals surface area contributed by atoms with E-state index < -0.39 is 0 Å². The predicted molar refractivity (Wildman–Crippen MR) is 61.4 cm³/mol. The predicted octanol–water partition coefficient (Wildman–Crippen LogP) is -0.558. The Hall–Kier alpha value is -1.42. The number of rotatable bonds is 1. The maximum Gasteiger partial charge on any atom is 0.254 e. The molecule has 1 aromatic rings.